The smallest absolute Gasteiger partial charge is 0.402 e. The zero-order valence-electron chi connectivity index (χ0n) is 12.9. The summed E-state index contributed by atoms with van der Waals surface area (Å²) in [7, 11) is 1.82. The predicted molar refractivity (Wildman–Crippen MR) is 82.1 cm³/mol. The topological polar surface area (TPSA) is 21.7 Å². The van der Waals surface area contributed by atoms with Gasteiger partial charge in [-0.25, -0.2) is 0 Å². The molecule has 0 amide bonds. The van der Waals surface area contributed by atoms with Crippen molar-refractivity contribution < 1.29 is 9.31 Å². The molecule has 2 aliphatic heterocycles. The monoisotopic (exact) mass is 271 g/mol. The Morgan fingerprint density at radius 2 is 1.65 bits per heavy atom. The molecular formula is C16H22BNO2. The van der Waals surface area contributed by atoms with E-state index in [-0.39, 0.29) is 24.3 Å². The van der Waals surface area contributed by atoms with Crippen LogP contribution >= 0.6 is 0 Å². The van der Waals surface area contributed by atoms with Gasteiger partial charge < -0.3 is 14.2 Å². The van der Waals surface area contributed by atoms with Crippen molar-refractivity contribution >= 4 is 13.2 Å². The van der Waals surface area contributed by atoms with Gasteiger partial charge in [0.15, 0.2) is 0 Å². The Morgan fingerprint density at radius 3 is 2.30 bits per heavy atom. The highest BCUT2D eigenvalue weighted by Crippen LogP contribution is 2.43. The fourth-order valence-corrected chi connectivity index (χ4v) is 2.80. The number of hydrogen-bond donors (Lipinski definition) is 0. The summed E-state index contributed by atoms with van der Waals surface area (Å²) >= 11 is 0. The van der Waals surface area contributed by atoms with Gasteiger partial charge in [-0.3, -0.25) is 0 Å². The normalized spacial score (nSPS) is 26.8. The van der Waals surface area contributed by atoms with Crippen molar-refractivity contribution in [3.05, 3.63) is 41.6 Å². The standard InChI is InChI=1S/C16H22BNO2/c1-15(2)16(3,4)20-17(19-15)14-13-9-7-6-8-12(13)10-11-18(14)5/h6-11,14H,1-5H3. The van der Waals surface area contributed by atoms with Crippen LogP contribution in [0, 0.1) is 0 Å². The molecule has 4 heteroatoms. The SMILES string of the molecule is CN1C=Cc2ccccc2C1B1OC(C)(C)C(C)(C)O1. The summed E-state index contributed by atoms with van der Waals surface area (Å²) < 4.78 is 12.5. The average Bonchev–Trinajstić information content (AvgIpc) is 2.57. The lowest BCUT2D eigenvalue weighted by atomic mass is 9.71. The summed E-state index contributed by atoms with van der Waals surface area (Å²) in [5.41, 5.74) is 1.91. The van der Waals surface area contributed by atoms with Gasteiger partial charge >= 0.3 is 7.12 Å². The highest BCUT2D eigenvalue weighted by molar-refractivity contribution is 6.47. The molecule has 0 saturated carbocycles. The molecule has 2 aliphatic rings. The van der Waals surface area contributed by atoms with Crippen LogP contribution in [0.2, 0.25) is 0 Å². The molecule has 0 bridgehead atoms. The molecule has 1 aromatic rings. The number of fused-ring (bicyclic) bond motifs is 1. The summed E-state index contributed by atoms with van der Waals surface area (Å²) in [6.07, 6.45) is 4.23. The van der Waals surface area contributed by atoms with Crippen LogP contribution < -0.4 is 0 Å². The van der Waals surface area contributed by atoms with Gasteiger partial charge in [0.2, 0.25) is 0 Å². The Bertz CT molecular complexity index is 537. The largest absolute Gasteiger partial charge is 0.486 e. The Kier molecular flexibility index (Phi) is 3.00. The van der Waals surface area contributed by atoms with E-state index < -0.39 is 0 Å². The molecule has 0 aromatic heterocycles. The van der Waals surface area contributed by atoms with E-state index >= 15 is 0 Å². The van der Waals surface area contributed by atoms with Crippen LogP contribution in [0.4, 0.5) is 0 Å². The van der Waals surface area contributed by atoms with Gasteiger partial charge in [-0.15, -0.1) is 0 Å². The first-order valence-corrected chi connectivity index (χ1v) is 7.16. The number of hydrogen-bond acceptors (Lipinski definition) is 3. The van der Waals surface area contributed by atoms with E-state index in [2.05, 4.69) is 76.2 Å². The third-order valence-corrected chi connectivity index (χ3v) is 4.77. The van der Waals surface area contributed by atoms with Gasteiger partial charge in [0.05, 0.1) is 17.1 Å². The fraction of sp³-hybridized carbons (Fsp3) is 0.500. The second-order valence-corrected chi connectivity index (χ2v) is 6.68. The fourth-order valence-electron chi connectivity index (χ4n) is 2.80. The zero-order valence-corrected chi connectivity index (χ0v) is 12.9. The average molecular weight is 271 g/mol. The zero-order chi connectivity index (χ0) is 14.5. The molecule has 0 N–H and O–H groups in total. The van der Waals surface area contributed by atoms with Gasteiger partial charge in [-0.2, -0.15) is 0 Å². The molecule has 1 unspecified atom stereocenters. The minimum Gasteiger partial charge on any atom is -0.402 e. The highest BCUT2D eigenvalue weighted by atomic mass is 16.7. The van der Waals surface area contributed by atoms with Crippen LogP contribution in [0.3, 0.4) is 0 Å². The predicted octanol–water partition coefficient (Wildman–Crippen LogP) is 3.28. The maximum Gasteiger partial charge on any atom is 0.486 e. The van der Waals surface area contributed by atoms with Crippen molar-refractivity contribution in [2.24, 2.45) is 0 Å². The first-order valence-electron chi connectivity index (χ1n) is 7.16. The van der Waals surface area contributed by atoms with E-state index in [0.717, 1.165) is 0 Å². The van der Waals surface area contributed by atoms with E-state index in [9.17, 15) is 0 Å². The van der Waals surface area contributed by atoms with Gasteiger partial charge in [-0.1, -0.05) is 24.3 Å². The number of benzene rings is 1. The first-order chi connectivity index (χ1) is 9.32. The molecule has 0 radical (unpaired) electrons. The summed E-state index contributed by atoms with van der Waals surface area (Å²) in [6.45, 7) is 8.38. The highest BCUT2D eigenvalue weighted by Gasteiger charge is 2.55. The van der Waals surface area contributed by atoms with Crippen molar-refractivity contribution in [3.63, 3.8) is 0 Å². The molecule has 1 saturated heterocycles. The van der Waals surface area contributed by atoms with Crippen LogP contribution in [-0.2, 0) is 9.31 Å². The molecule has 1 aromatic carbocycles. The maximum atomic E-state index is 6.23. The second-order valence-electron chi connectivity index (χ2n) is 6.68. The lowest BCUT2D eigenvalue weighted by Gasteiger charge is -2.33. The quantitative estimate of drug-likeness (QED) is 0.732. The van der Waals surface area contributed by atoms with Gasteiger partial charge in [-0.05, 0) is 51.1 Å². The Hall–Kier alpha value is -1.26. The minimum absolute atomic E-state index is 0.0947. The van der Waals surface area contributed by atoms with Crippen molar-refractivity contribution in [2.45, 2.75) is 44.8 Å². The Morgan fingerprint density at radius 1 is 1.05 bits per heavy atom. The molecule has 1 atom stereocenters. The second kappa shape index (κ2) is 4.37. The van der Waals surface area contributed by atoms with Crippen molar-refractivity contribution in [1.29, 1.82) is 0 Å². The van der Waals surface area contributed by atoms with Crippen molar-refractivity contribution in [2.75, 3.05) is 7.05 Å². The van der Waals surface area contributed by atoms with Crippen molar-refractivity contribution in [3.8, 4) is 0 Å². The summed E-state index contributed by atoms with van der Waals surface area (Å²) in [5.74, 6) is 0.0947. The lowest BCUT2D eigenvalue weighted by Crippen LogP contribution is -2.41. The maximum absolute atomic E-state index is 6.23. The Labute approximate surface area is 121 Å². The van der Waals surface area contributed by atoms with E-state index in [4.69, 9.17) is 9.31 Å². The summed E-state index contributed by atoms with van der Waals surface area (Å²) in [4.78, 5) is 2.17. The van der Waals surface area contributed by atoms with Crippen LogP contribution in [0.5, 0.6) is 0 Å². The van der Waals surface area contributed by atoms with E-state index in [1.54, 1.807) is 0 Å². The summed E-state index contributed by atoms with van der Waals surface area (Å²) in [5, 5.41) is 0. The van der Waals surface area contributed by atoms with E-state index in [1.807, 2.05) is 0 Å². The lowest BCUT2D eigenvalue weighted by molar-refractivity contribution is 0.00578. The molecule has 0 spiro atoms. The molecule has 2 heterocycles. The van der Waals surface area contributed by atoms with E-state index in [1.165, 1.54) is 11.1 Å². The molecule has 3 nitrogen and oxygen atoms in total. The molecule has 1 fully saturated rings. The van der Waals surface area contributed by atoms with Crippen molar-refractivity contribution in [1.82, 2.24) is 4.90 Å². The van der Waals surface area contributed by atoms with Crippen LogP contribution in [0.25, 0.3) is 6.08 Å². The third kappa shape index (κ3) is 1.98. The molecule has 0 aliphatic carbocycles. The Balaban J connectivity index is 1.97. The molecule has 20 heavy (non-hydrogen) atoms. The molecule has 3 rings (SSSR count). The third-order valence-electron chi connectivity index (χ3n) is 4.77. The van der Waals surface area contributed by atoms with Crippen LogP contribution in [0.15, 0.2) is 30.5 Å². The van der Waals surface area contributed by atoms with Gasteiger partial charge in [0, 0.05) is 7.05 Å². The first kappa shape index (κ1) is 13.7. The minimum atomic E-state index is -0.297. The number of rotatable bonds is 1. The van der Waals surface area contributed by atoms with Gasteiger partial charge in [0.1, 0.15) is 0 Å². The van der Waals surface area contributed by atoms with Crippen LogP contribution in [-0.4, -0.2) is 30.3 Å². The van der Waals surface area contributed by atoms with Gasteiger partial charge in [0.25, 0.3) is 0 Å². The molecule has 106 valence electrons. The van der Waals surface area contributed by atoms with Crippen LogP contribution in [0.1, 0.15) is 44.8 Å². The molecular weight excluding hydrogens is 249 g/mol. The number of nitrogens with zero attached hydrogens (tertiary/aromatic N) is 1. The van der Waals surface area contributed by atoms with E-state index in [0.29, 0.717) is 0 Å². The summed E-state index contributed by atoms with van der Waals surface area (Å²) in [6, 6.07) is 8.43.